The fourth-order valence-electron chi connectivity index (χ4n) is 3.92. The lowest BCUT2D eigenvalue weighted by molar-refractivity contribution is -0.267. The Labute approximate surface area is 220 Å². The molecule has 1 aromatic heterocycles. The Balaban J connectivity index is 1.74. The number of ether oxygens (including phenoxy) is 3. The van der Waals surface area contributed by atoms with Crippen molar-refractivity contribution in [3.05, 3.63) is 62.4 Å². The van der Waals surface area contributed by atoms with E-state index in [1.54, 1.807) is 6.07 Å². The van der Waals surface area contributed by atoms with Gasteiger partial charge in [-0.15, -0.1) is 0 Å². The van der Waals surface area contributed by atoms with Crippen molar-refractivity contribution in [2.45, 2.75) is 49.8 Å². The van der Waals surface area contributed by atoms with Crippen LogP contribution < -0.4 is 15.8 Å². The van der Waals surface area contributed by atoms with Gasteiger partial charge in [-0.2, -0.15) is 5.26 Å². The highest BCUT2D eigenvalue weighted by Gasteiger charge is 2.63. The Morgan fingerprint density at radius 1 is 1.32 bits per heavy atom. The van der Waals surface area contributed by atoms with Crippen molar-refractivity contribution in [1.82, 2.24) is 9.55 Å². The Bertz CT molecular complexity index is 1320. The highest BCUT2D eigenvalue weighted by molar-refractivity contribution is 7.49. The number of hydrogen-bond acceptors (Lipinski definition) is 12. The predicted octanol–water partition coefficient (Wildman–Crippen LogP) is 1.42. The van der Waals surface area contributed by atoms with E-state index in [9.17, 15) is 24.4 Å². The van der Waals surface area contributed by atoms with Crippen LogP contribution in [0.15, 0.2) is 46.1 Å². The molecule has 2 saturated heterocycles. The van der Waals surface area contributed by atoms with E-state index < -0.39 is 62.8 Å². The molecule has 6 atom stereocenters. The highest BCUT2D eigenvalue weighted by atomic mass is 35.5. The maximum Gasteiger partial charge on any atom is 0.532 e. The van der Waals surface area contributed by atoms with Crippen LogP contribution in [0.5, 0.6) is 5.75 Å². The summed E-state index contributed by atoms with van der Waals surface area (Å²) in [6.45, 7) is -0.949. The van der Waals surface area contributed by atoms with Gasteiger partial charge in [0.25, 0.3) is 5.56 Å². The molecule has 16 heteroatoms. The number of phosphoric acid groups is 1. The van der Waals surface area contributed by atoms with Gasteiger partial charge in [0.1, 0.15) is 11.9 Å². The number of nitrogens with one attached hydrogen (secondary N) is 1. The van der Waals surface area contributed by atoms with E-state index in [0.29, 0.717) is 19.4 Å². The van der Waals surface area contributed by atoms with Gasteiger partial charge in [-0.05, 0) is 18.6 Å². The normalized spacial score (nSPS) is 28.6. The average Bonchev–Trinajstić information content (AvgIpc) is 3.47. The third-order valence-corrected chi connectivity index (χ3v) is 7.42. The van der Waals surface area contributed by atoms with Crippen LogP contribution in [0.2, 0.25) is 5.02 Å². The summed E-state index contributed by atoms with van der Waals surface area (Å²) < 4.78 is 48.2. The molecule has 0 amide bonds. The topological polar surface area (TPSA) is 192 Å². The number of aliphatic hydroxyl groups is 2. The monoisotopic (exact) mass is 573 g/mol. The number of benzene rings is 1. The molecule has 0 aliphatic carbocycles. The lowest BCUT2D eigenvalue weighted by Crippen LogP contribution is -2.53. The van der Waals surface area contributed by atoms with E-state index in [2.05, 4.69) is 4.98 Å². The van der Waals surface area contributed by atoms with Crippen molar-refractivity contribution in [3.8, 4) is 11.8 Å². The number of H-pyrrole nitrogens is 1. The summed E-state index contributed by atoms with van der Waals surface area (Å²) in [6, 6.07) is 8.80. The molecule has 0 bridgehead atoms. The Morgan fingerprint density at radius 3 is 2.76 bits per heavy atom. The summed E-state index contributed by atoms with van der Waals surface area (Å²) in [5, 5.41) is 30.8. The Hall–Kier alpha value is -2.57. The molecule has 206 valence electrons. The average molecular weight is 574 g/mol. The summed E-state index contributed by atoms with van der Waals surface area (Å²) in [5.74, 6) is -2.88. The number of phosphoric ester groups is 1. The van der Waals surface area contributed by atoms with Gasteiger partial charge in [-0.3, -0.25) is 18.9 Å². The first-order chi connectivity index (χ1) is 18.2. The molecule has 2 aliphatic rings. The second-order valence-corrected chi connectivity index (χ2v) is 10.2. The van der Waals surface area contributed by atoms with Crippen LogP contribution in [-0.4, -0.2) is 63.9 Å². The van der Waals surface area contributed by atoms with Crippen LogP contribution in [0.3, 0.4) is 0 Å². The summed E-state index contributed by atoms with van der Waals surface area (Å²) >= 11 is 6.13. The first kappa shape index (κ1) is 28.4. The number of nitriles is 1. The highest BCUT2D eigenvalue weighted by Crippen LogP contribution is 2.57. The predicted molar refractivity (Wildman–Crippen MR) is 128 cm³/mol. The molecule has 38 heavy (non-hydrogen) atoms. The number of hydrogen-bond donors (Lipinski definition) is 3. The standard InChI is InChI=1S/C22H25ClN3O11P/c23-14-5-1-2-6-15(14)36-38(31,33-12-4-9-24)37-22(30)16(13-27)34-20(19(22)35-18-7-3-11-32-18)26-10-8-17(28)25-21(26)29/h1-2,5-6,8,10,16,18-20,27,30H,3-4,7,11-13H2,(H,25,28,29)/t16-,18?,19+,20-,22+,38?/m1/s1. The van der Waals surface area contributed by atoms with Crippen molar-refractivity contribution in [1.29, 1.82) is 5.26 Å². The molecule has 0 radical (unpaired) electrons. The van der Waals surface area contributed by atoms with Crippen LogP contribution in [-0.2, 0) is 27.8 Å². The smallest absolute Gasteiger partial charge is 0.402 e. The third kappa shape index (κ3) is 6.18. The molecule has 4 rings (SSSR count). The number of rotatable bonds is 11. The maximum absolute atomic E-state index is 13.8. The van der Waals surface area contributed by atoms with Crippen LogP contribution >= 0.6 is 19.4 Å². The molecule has 2 fully saturated rings. The van der Waals surface area contributed by atoms with Gasteiger partial charge < -0.3 is 28.9 Å². The fraction of sp³-hybridized carbons (Fsp3) is 0.500. The van der Waals surface area contributed by atoms with Gasteiger partial charge in [0.15, 0.2) is 18.6 Å². The molecule has 0 spiro atoms. The number of aromatic amines is 1. The van der Waals surface area contributed by atoms with Crippen molar-refractivity contribution < 1.29 is 42.6 Å². The first-order valence-corrected chi connectivity index (χ1v) is 13.4. The summed E-state index contributed by atoms with van der Waals surface area (Å²) in [5.41, 5.74) is -1.60. The fourth-order valence-corrected chi connectivity index (χ4v) is 5.59. The van der Waals surface area contributed by atoms with Crippen molar-refractivity contribution in [3.63, 3.8) is 0 Å². The second kappa shape index (κ2) is 12.1. The van der Waals surface area contributed by atoms with Gasteiger partial charge in [0.05, 0.1) is 30.7 Å². The number of para-hydroxylation sites is 1. The molecular weight excluding hydrogens is 549 g/mol. The Kier molecular flexibility index (Phi) is 9.04. The number of aromatic nitrogens is 2. The molecule has 3 heterocycles. The molecule has 2 aromatic rings. The molecular formula is C22H25ClN3O11P. The largest absolute Gasteiger partial charge is 0.532 e. The maximum atomic E-state index is 13.8. The minimum Gasteiger partial charge on any atom is -0.402 e. The van der Waals surface area contributed by atoms with Gasteiger partial charge in [0.2, 0.25) is 5.79 Å². The Morgan fingerprint density at radius 2 is 2.11 bits per heavy atom. The summed E-state index contributed by atoms with van der Waals surface area (Å²) in [4.78, 5) is 26.2. The lowest BCUT2D eigenvalue weighted by Gasteiger charge is -2.35. The molecule has 1 aromatic carbocycles. The summed E-state index contributed by atoms with van der Waals surface area (Å²) in [6.07, 6.45) is -3.73. The third-order valence-electron chi connectivity index (χ3n) is 5.68. The van der Waals surface area contributed by atoms with Gasteiger partial charge in [-0.25, -0.2) is 13.9 Å². The molecule has 2 unspecified atom stereocenters. The number of aliphatic hydroxyl groups excluding tert-OH is 1. The van der Waals surface area contributed by atoms with E-state index in [1.807, 2.05) is 6.07 Å². The van der Waals surface area contributed by atoms with Gasteiger partial charge in [-0.1, -0.05) is 23.7 Å². The minimum absolute atomic E-state index is 0.0402. The van der Waals surface area contributed by atoms with Gasteiger partial charge >= 0.3 is 13.5 Å². The first-order valence-electron chi connectivity index (χ1n) is 11.5. The zero-order valence-electron chi connectivity index (χ0n) is 19.8. The molecule has 14 nitrogen and oxygen atoms in total. The van der Waals surface area contributed by atoms with Crippen LogP contribution in [0.1, 0.15) is 25.5 Å². The number of nitrogens with zero attached hydrogens (tertiary/aromatic N) is 2. The van der Waals surface area contributed by atoms with E-state index >= 15 is 0 Å². The van der Waals surface area contributed by atoms with Crippen molar-refractivity contribution in [2.75, 3.05) is 19.8 Å². The van der Waals surface area contributed by atoms with Crippen molar-refractivity contribution >= 4 is 19.4 Å². The second-order valence-electron chi connectivity index (χ2n) is 8.27. The van der Waals surface area contributed by atoms with Gasteiger partial charge in [0, 0.05) is 25.3 Å². The SMILES string of the molecule is N#CCCOP(=O)(Oc1ccccc1Cl)O[C@@]1(O)[C@@H](CO)O[C@@H](n2ccc(=O)[nH]c2=O)[C@@H]1OC1CCCO1. The zero-order chi connectivity index (χ0) is 27.3. The van der Waals surface area contributed by atoms with Crippen LogP contribution in [0.25, 0.3) is 0 Å². The van der Waals surface area contributed by atoms with Crippen LogP contribution in [0.4, 0.5) is 0 Å². The van der Waals surface area contributed by atoms with Crippen LogP contribution in [0, 0.1) is 11.3 Å². The van der Waals surface area contributed by atoms with E-state index in [4.69, 9.17) is 44.6 Å². The van der Waals surface area contributed by atoms with E-state index in [1.165, 1.54) is 18.2 Å². The van der Waals surface area contributed by atoms with Crippen molar-refractivity contribution in [2.24, 2.45) is 0 Å². The molecule has 3 N–H and O–H groups in total. The van der Waals surface area contributed by atoms with E-state index in [0.717, 1.165) is 16.8 Å². The summed E-state index contributed by atoms with van der Waals surface area (Å²) in [7, 11) is -4.83. The quantitative estimate of drug-likeness (QED) is 0.199. The minimum atomic E-state index is -4.83. The lowest BCUT2D eigenvalue weighted by atomic mass is 10.1. The molecule has 2 aliphatic heterocycles. The number of halogens is 1. The molecule has 0 saturated carbocycles. The van der Waals surface area contributed by atoms with E-state index in [-0.39, 0.29) is 17.2 Å². The zero-order valence-corrected chi connectivity index (χ0v) is 21.5.